The third-order valence-corrected chi connectivity index (χ3v) is 3.79. The first-order valence-corrected chi connectivity index (χ1v) is 7.13. The first-order chi connectivity index (χ1) is 9.81. The van der Waals surface area contributed by atoms with Gasteiger partial charge in [-0.2, -0.15) is 0 Å². The number of aromatic nitrogens is 2. The Labute approximate surface area is 118 Å². The molecule has 3 rings (SSSR count). The van der Waals surface area contributed by atoms with E-state index in [4.69, 9.17) is 0 Å². The van der Waals surface area contributed by atoms with Crippen LogP contribution >= 0.6 is 0 Å². The van der Waals surface area contributed by atoms with Crippen molar-refractivity contribution in [1.29, 1.82) is 0 Å². The molecular formula is C16H19N3O. The molecule has 0 bridgehead atoms. The van der Waals surface area contributed by atoms with Gasteiger partial charge in [-0.1, -0.05) is 30.3 Å². The molecule has 1 aromatic heterocycles. The van der Waals surface area contributed by atoms with Gasteiger partial charge in [-0.15, -0.1) is 0 Å². The first-order valence-electron chi connectivity index (χ1n) is 7.13. The van der Waals surface area contributed by atoms with Gasteiger partial charge in [0, 0.05) is 24.0 Å². The Morgan fingerprint density at radius 2 is 1.55 bits per heavy atom. The molecule has 0 spiro atoms. The van der Waals surface area contributed by atoms with E-state index in [1.807, 2.05) is 42.7 Å². The number of aliphatic hydroxyl groups excluding tert-OH is 1. The number of benzene rings is 1. The number of hydrogen-bond acceptors (Lipinski definition) is 4. The first kappa shape index (κ1) is 13.1. The fourth-order valence-corrected chi connectivity index (χ4v) is 2.58. The van der Waals surface area contributed by atoms with E-state index in [1.165, 1.54) is 0 Å². The topological polar surface area (TPSA) is 58.0 Å². The minimum absolute atomic E-state index is 0.130. The molecule has 2 N–H and O–H groups in total. The number of aliphatic hydroxyl groups is 1. The lowest BCUT2D eigenvalue weighted by molar-refractivity contribution is 0.126. The molecule has 2 aromatic rings. The highest BCUT2D eigenvalue weighted by molar-refractivity contribution is 5.61. The summed E-state index contributed by atoms with van der Waals surface area (Å²) in [6, 6.07) is 10.5. The van der Waals surface area contributed by atoms with E-state index in [9.17, 15) is 5.11 Å². The normalized spacial score (nSPS) is 22.4. The Morgan fingerprint density at radius 3 is 2.20 bits per heavy atom. The van der Waals surface area contributed by atoms with Crippen molar-refractivity contribution >= 4 is 5.95 Å². The zero-order valence-corrected chi connectivity index (χ0v) is 11.4. The highest BCUT2D eigenvalue weighted by Gasteiger charge is 2.19. The fraction of sp³-hybridized carbons (Fsp3) is 0.375. The summed E-state index contributed by atoms with van der Waals surface area (Å²) in [5, 5.41) is 12.8. The third kappa shape index (κ3) is 3.14. The van der Waals surface area contributed by atoms with Crippen molar-refractivity contribution in [3.8, 4) is 11.1 Å². The minimum atomic E-state index is -0.130. The van der Waals surface area contributed by atoms with Crippen molar-refractivity contribution in [2.24, 2.45) is 0 Å². The van der Waals surface area contributed by atoms with Crippen LogP contribution in [0.15, 0.2) is 42.7 Å². The van der Waals surface area contributed by atoms with Gasteiger partial charge in [0.2, 0.25) is 5.95 Å². The quantitative estimate of drug-likeness (QED) is 0.899. The Hall–Kier alpha value is -1.94. The molecule has 1 aliphatic carbocycles. The SMILES string of the molecule is OC1CCC(Nc2ncc(-c3ccccc3)cn2)CC1. The second kappa shape index (κ2) is 6.01. The van der Waals surface area contributed by atoms with Crippen molar-refractivity contribution in [2.75, 3.05) is 5.32 Å². The van der Waals surface area contributed by atoms with Gasteiger partial charge >= 0.3 is 0 Å². The molecule has 0 amide bonds. The van der Waals surface area contributed by atoms with Crippen LogP contribution in [0.3, 0.4) is 0 Å². The van der Waals surface area contributed by atoms with Crippen LogP contribution in [0.5, 0.6) is 0 Å². The Kier molecular flexibility index (Phi) is 3.92. The molecule has 1 heterocycles. The van der Waals surface area contributed by atoms with Crippen molar-refractivity contribution in [3.63, 3.8) is 0 Å². The predicted octanol–water partition coefficient (Wildman–Crippen LogP) is 2.86. The highest BCUT2D eigenvalue weighted by atomic mass is 16.3. The number of nitrogens with zero attached hydrogens (tertiary/aromatic N) is 2. The molecule has 0 aliphatic heterocycles. The fourth-order valence-electron chi connectivity index (χ4n) is 2.58. The smallest absolute Gasteiger partial charge is 0.222 e. The van der Waals surface area contributed by atoms with Gasteiger partial charge in [-0.05, 0) is 31.2 Å². The van der Waals surface area contributed by atoms with E-state index in [0.29, 0.717) is 12.0 Å². The Morgan fingerprint density at radius 1 is 0.900 bits per heavy atom. The van der Waals surface area contributed by atoms with Gasteiger partial charge in [0.15, 0.2) is 0 Å². The minimum Gasteiger partial charge on any atom is -0.393 e. The number of hydrogen-bond donors (Lipinski definition) is 2. The third-order valence-electron chi connectivity index (χ3n) is 3.79. The van der Waals surface area contributed by atoms with Crippen LogP contribution in [0.1, 0.15) is 25.7 Å². The molecule has 4 nitrogen and oxygen atoms in total. The van der Waals surface area contributed by atoms with E-state index >= 15 is 0 Å². The summed E-state index contributed by atoms with van der Waals surface area (Å²) in [5.41, 5.74) is 2.15. The van der Waals surface area contributed by atoms with E-state index in [1.54, 1.807) is 0 Å². The predicted molar refractivity (Wildman–Crippen MR) is 79.4 cm³/mol. The van der Waals surface area contributed by atoms with Crippen molar-refractivity contribution in [2.45, 2.75) is 37.8 Å². The maximum Gasteiger partial charge on any atom is 0.222 e. The lowest BCUT2D eigenvalue weighted by atomic mass is 9.93. The molecule has 20 heavy (non-hydrogen) atoms. The van der Waals surface area contributed by atoms with E-state index in [-0.39, 0.29) is 6.10 Å². The summed E-state index contributed by atoms with van der Waals surface area (Å²) in [6.07, 6.45) is 7.24. The second-order valence-electron chi connectivity index (χ2n) is 5.31. The molecule has 1 saturated carbocycles. The molecule has 104 valence electrons. The molecule has 0 saturated heterocycles. The van der Waals surface area contributed by atoms with E-state index in [2.05, 4.69) is 15.3 Å². The van der Waals surface area contributed by atoms with Crippen molar-refractivity contribution in [1.82, 2.24) is 9.97 Å². The maximum absolute atomic E-state index is 9.50. The molecule has 0 atom stereocenters. The summed E-state index contributed by atoms with van der Waals surface area (Å²) in [6.45, 7) is 0. The zero-order valence-electron chi connectivity index (χ0n) is 11.4. The maximum atomic E-state index is 9.50. The van der Waals surface area contributed by atoms with Crippen LogP contribution in [0.25, 0.3) is 11.1 Å². The Balaban J connectivity index is 1.65. The molecule has 1 fully saturated rings. The number of anilines is 1. The largest absolute Gasteiger partial charge is 0.393 e. The summed E-state index contributed by atoms with van der Waals surface area (Å²) in [5.74, 6) is 0.672. The van der Waals surface area contributed by atoms with Crippen molar-refractivity contribution in [3.05, 3.63) is 42.7 Å². The molecule has 4 heteroatoms. The van der Waals surface area contributed by atoms with Gasteiger partial charge in [-0.25, -0.2) is 9.97 Å². The number of nitrogens with one attached hydrogen (secondary N) is 1. The molecule has 1 aromatic carbocycles. The zero-order chi connectivity index (χ0) is 13.8. The van der Waals surface area contributed by atoms with Crippen LogP contribution in [-0.2, 0) is 0 Å². The van der Waals surface area contributed by atoms with Crippen LogP contribution in [0.4, 0.5) is 5.95 Å². The van der Waals surface area contributed by atoms with Crippen LogP contribution in [0.2, 0.25) is 0 Å². The highest BCUT2D eigenvalue weighted by Crippen LogP contribution is 2.22. The summed E-state index contributed by atoms with van der Waals surface area (Å²) in [4.78, 5) is 8.77. The lowest BCUT2D eigenvalue weighted by Gasteiger charge is -2.26. The van der Waals surface area contributed by atoms with Gasteiger partial charge in [0.25, 0.3) is 0 Å². The Bertz CT molecular complexity index is 533. The molecular weight excluding hydrogens is 250 g/mol. The van der Waals surface area contributed by atoms with Gasteiger partial charge in [0.05, 0.1) is 6.10 Å². The standard InChI is InChI=1S/C16H19N3O/c20-15-8-6-14(7-9-15)19-16-17-10-13(11-18-16)12-4-2-1-3-5-12/h1-5,10-11,14-15,20H,6-9H2,(H,17,18,19). The van der Waals surface area contributed by atoms with Crippen LogP contribution < -0.4 is 5.32 Å². The van der Waals surface area contributed by atoms with Gasteiger partial charge in [0.1, 0.15) is 0 Å². The van der Waals surface area contributed by atoms with E-state index in [0.717, 1.165) is 36.8 Å². The van der Waals surface area contributed by atoms with Crippen LogP contribution in [0, 0.1) is 0 Å². The molecule has 0 radical (unpaired) electrons. The summed E-state index contributed by atoms with van der Waals surface area (Å²) < 4.78 is 0. The van der Waals surface area contributed by atoms with Crippen LogP contribution in [-0.4, -0.2) is 27.2 Å². The summed E-state index contributed by atoms with van der Waals surface area (Å²) >= 11 is 0. The second-order valence-corrected chi connectivity index (χ2v) is 5.31. The molecule has 1 aliphatic rings. The monoisotopic (exact) mass is 269 g/mol. The van der Waals surface area contributed by atoms with E-state index < -0.39 is 0 Å². The number of rotatable bonds is 3. The van der Waals surface area contributed by atoms with Gasteiger partial charge in [-0.3, -0.25) is 0 Å². The summed E-state index contributed by atoms with van der Waals surface area (Å²) in [7, 11) is 0. The average Bonchev–Trinajstić information content (AvgIpc) is 2.51. The van der Waals surface area contributed by atoms with Crippen molar-refractivity contribution < 1.29 is 5.11 Å². The molecule has 0 unspecified atom stereocenters. The lowest BCUT2D eigenvalue weighted by Crippen LogP contribution is -2.28. The van der Waals surface area contributed by atoms with Gasteiger partial charge < -0.3 is 10.4 Å². The average molecular weight is 269 g/mol.